The largest absolute Gasteiger partial charge is 0.491 e. The molecule has 1 atom stereocenters. The van der Waals surface area contributed by atoms with Crippen molar-refractivity contribution in [1.82, 2.24) is 0 Å². The first kappa shape index (κ1) is 14.8. The molecule has 1 rings (SSSR count). The highest BCUT2D eigenvalue weighted by molar-refractivity contribution is 5.43. The van der Waals surface area contributed by atoms with Crippen LogP contribution in [0.15, 0.2) is 18.2 Å². The fourth-order valence-electron chi connectivity index (χ4n) is 1.24. The van der Waals surface area contributed by atoms with E-state index in [4.69, 9.17) is 10.00 Å². The molecule has 1 unspecified atom stereocenters. The van der Waals surface area contributed by atoms with Gasteiger partial charge in [0.15, 0.2) is 5.92 Å². The molecule has 0 saturated carbocycles. The molecular weight excluding hydrogens is 265 g/mol. The second-order valence-electron chi connectivity index (χ2n) is 3.74. The highest BCUT2D eigenvalue weighted by Gasteiger charge is 2.40. The fraction of sp³-hybridized carbons (Fsp3) is 0.364. The maximum atomic E-state index is 12.3. The second kappa shape index (κ2) is 5.56. The Morgan fingerprint density at radius 2 is 2.16 bits per heavy atom. The summed E-state index contributed by atoms with van der Waals surface area (Å²) in [7, 11) is 0. The zero-order valence-electron chi connectivity index (χ0n) is 9.77. The van der Waals surface area contributed by atoms with Gasteiger partial charge in [-0.05, 0) is 18.6 Å². The summed E-state index contributed by atoms with van der Waals surface area (Å²) in [6.07, 6.45) is -4.69. The van der Waals surface area contributed by atoms with E-state index in [0.717, 1.165) is 12.1 Å². The number of rotatable bonds is 4. The molecule has 0 N–H and O–H groups in total. The molecule has 0 aliphatic rings. The van der Waals surface area contributed by atoms with Crippen LogP contribution in [-0.2, 0) is 0 Å². The number of non-ortho nitro benzene ring substituents is 1. The molecule has 0 heterocycles. The third-order valence-corrected chi connectivity index (χ3v) is 2.34. The lowest BCUT2D eigenvalue weighted by Gasteiger charge is -2.15. The van der Waals surface area contributed by atoms with E-state index in [1.54, 1.807) is 0 Å². The molecular formula is C11H9F3N2O3. The standard InChI is InChI=1S/C11H9F3N2O3/c1-7-2-3-9(16(17)18)4-10(7)19-6-8(5-15)11(12,13)14/h2-4,8H,6H2,1H3. The Morgan fingerprint density at radius 3 is 2.63 bits per heavy atom. The zero-order valence-corrected chi connectivity index (χ0v) is 9.77. The van der Waals surface area contributed by atoms with Crippen LogP contribution in [0.2, 0.25) is 0 Å². The predicted octanol–water partition coefficient (Wildman–Crippen LogP) is 2.98. The van der Waals surface area contributed by atoms with Gasteiger partial charge in [0.2, 0.25) is 0 Å². The predicted molar refractivity (Wildman–Crippen MR) is 58.5 cm³/mol. The smallest absolute Gasteiger partial charge is 0.407 e. The molecule has 5 nitrogen and oxygen atoms in total. The Balaban J connectivity index is 2.86. The van der Waals surface area contributed by atoms with E-state index in [-0.39, 0.29) is 11.4 Å². The molecule has 0 fully saturated rings. The fourth-order valence-corrected chi connectivity index (χ4v) is 1.24. The van der Waals surface area contributed by atoms with Crippen LogP contribution in [-0.4, -0.2) is 17.7 Å². The van der Waals surface area contributed by atoms with Gasteiger partial charge in [-0.25, -0.2) is 0 Å². The van der Waals surface area contributed by atoms with Crippen molar-refractivity contribution in [3.8, 4) is 11.8 Å². The monoisotopic (exact) mass is 274 g/mol. The number of aryl methyl sites for hydroxylation is 1. The molecule has 1 aromatic rings. The van der Waals surface area contributed by atoms with Gasteiger partial charge < -0.3 is 4.74 Å². The number of hydrogen-bond donors (Lipinski definition) is 0. The first-order valence-electron chi connectivity index (χ1n) is 5.10. The summed E-state index contributed by atoms with van der Waals surface area (Å²) in [5.74, 6) is -2.31. The minimum Gasteiger partial charge on any atom is -0.491 e. The minimum absolute atomic E-state index is 0.0429. The summed E-state index contributed by atoms with van der Waals surface area (Å²) in [5, 5.41) is 18.9. The normalized spacial score (nSPS) is 12.6. The summed E-state index contributed by atoms with van der Waals surface area (Å²) in [4.78, 5) is 9.85. The lowest BCUT2D eigenvalue weighted by molar-refractivity contribution is -0.385. The highest BCUT2D eigenvalue weighted by Crippen LogP contribution is 2.28. The van der Waals surface area contributed by atoms with E-state index in [0.29, 0.717) is 5.56 Å². The van der Waals surface area contributed by atoms with Gasteiger partial charge in [-0.3, -0.25) is 10.1 Å². The summed E-state index contributed by atoms with van der Waals surface area (Å²) in [6, 6.07) is 4.69. The van der Waals surface area contributed by atoms with E-state index in [2.05, 4.69) is 0 Å². The molecule has 8 heteroatoms. The van der Waals surface area contributed by atoms with Crippen molar-refractivity contribution in [3.05, 3.63) is 33.9 Å². The number of nitro groups is 1. The van der Waals surface area contributed by atoms with Crippen LogP contribution in [0.5, 0.6) is 5.75 Å². The van der Waals surface area contributed by atoms with Crippen LogP contribution < -0.4 is 4.74 Å². The van der Waals surface area contributed by atoms with Gasteiger partial charge in [-0.2, -0.15) is 18.4 Å². The summed E-state index contributed by atoms with van der Waals surface area (Å²) in [5.41, 5.74) is 0.158. The highest BCUT2D eigenvalue weighted by atomic mass is 19.4. The van der Waals surface area contributed by atoms with Gasteiger partial charge in [0.05, 0.1) is 17.1 Å². The van der Waals surface area contributed by atoms with E-state index in [9.17, 15) is 23.3 Å². The molecule has 0 bridgehead atoms. The summed E-state index contributed by atoms with van der Waals surface area (Å²) < 4.78 is 41.8. The van der Waals surface area contributed by atoms with Crippen molar-refractivity contribution >= 4 is 5.69 Å². The molecule has 0 radical (unpaired) electrons. The van der Waals surface area contributed by atoms with Gasteiger partial charge in [0.25, 0.3) is 5.69 Å². The molecule has 0 aliphatic heterocycles. The van der Waals surface area contributed by atoms with Gasteiger partial charge in [-0.15, -0.1) is 0 Å². The summed E-state index contributed by atoms with van der Waals surface area (Å²) in [6.45, 7) is 0.635. The van der Waals surface area contributed by atoms with Crippen molar-refractivity contribution in [1.29, 1.82) is 5.26 Å². The number of nitrogens with zero attached hydrogens (tertiary/aromatic N) is 2. The van der Waals surface area contributed by atoms with Crippen LogP contribution >= 0.6 is 0 Å². The van der Waals surface area contributed by atoms with Crippen LogP contribution in [0, 0.1) is 34.3 Å². The van der Waals surface area contributed by atoms with E-state index >= 15 is 0 Å². The van der Waals surface area contributed by atoms with Crippen LogP contribution in [0.4, 0.5) is 18.9 Å². The molecule has 0 saturated heterocycles. The molecule has 0 spiro atoms. The Bertz CT molecular complexity index is 523. The molecule has 1 aromatic carbocycles. The van der Waals surface area contributed by atoms with Crippen molar-refractivity contribution in [2.45, 2.75) is 13.1 Å². The van der Waals surface area contributed by atoms with Crippen molar-refractivity contribution in [3.63, 3.8) is 0 Å². The Labute approximate surface area is 106 Å². The maximum absolute atomic E-state index is 12.3. The second-order valence-corrected chi connectivity index (χ2v) is 3.74. The van der Waals surface area contributed by atoms with Crippen molar-refractivity contribution < 1.29 is 22.8 Å². The number of benzene rings is 1. The van der Waals surface area contributed by atoms with E-state index in [1.807, 2.05) is 0 Å². The van der Waals surface area contributed by atoms with Gasteiger partial charge in [0, 0.05) is 6.07 Å². The molecule has 19 heavy (non-hydrogen) atoms. The average molecular weight is 274 g/mol. The van der Waals surface area contributed by atoms with Gasteiger partial charge in [0.1, 0.15) is 12.4 Å². The Hall–Kier alpha value is -2.30. The molecule has 102 valence electrons. The zero-order chi connectivity index (χ0) is 14.6. The van der Waals surface area contributed by atoms with Crippen molar-refractivity contribution in [2.75, 3.05) is 6.61 Å². The van der Waals surface area contributed by atoms with E-state index < -0.39 is 23.6 Å². The number of alkyl halides is 3. The topological polar surface area (TPSA) is 76.2 Å². The quantitative estimate of drug-likeness (QED) is 0.624. The lowest BCUT2D eigenvalue weighted by Crippen LogP contribution is -2.27. The Kier molecular flexibility index (Phi) is 4.32. The average Bonchev–Trinajstić information content (AvgIpc) is 2.30. The van der Waals surface area contributed by atoms with Gasteiger partial charge in [-0.1, -0.05) is 0 Å². The third-order valence-electron chi connectivity index (χ3n) is 2.34. The van der Waals surface area contributed by atoms with Crippen LogP contribution in [0.3, 0.4) is 0 Å². The first-order valence-corrected chi connectivity index (χ1v) is 5.10. The Morgan fingerprint density at radius 1 is 1.53 bits per heavy atom. The van der Waals surface area contributed by atoms with Gasteiger partial charge >= 0.3 is 6.18 Å². The number of hydrogen-bond acceptors (Lipinski definition) is 4. The van der Waals surface area contributed by atoms with Crippen LogP contribution in [0.1, 0.15) is 5.56 Å². The van der Waals surface area contributed by atoms with E-state index in [1.165, 1.54) is 19.1 Å². The maximum Gasteiger partial charge on any atom is 0.407 e. The number of halogens is 3. The molecule has 0 aliphatic carbocycles. The first-order chi connectivity index (χ1) is 8.75. The third kappa shape index (κ3) is 3.84. The minimum atomic E-state index is -4.69. The lowest BCUT2D eigenvalue weighted by atomic mass is 10.1. The molecule has 0 aromatic heterocycles. The number of nitro benzene ring substituents is 1. The molecule has 0 amide bonds. The van der Waals surface area contributed by atoms with Crippen LogP contribution in [0.25, 0.3) is 0 Å². The SMILES string of the molecule is Cc1ccc([N+](=O)[O-])cc1OCC(C#N)C(F)(F)F. The van der Waals surface area contributed by atoms with Crippen molar-refractivity contribution in [2.24, 2.45) is 5.92 Å². The number of ether oxygens (including phenoxy) is 1. The summed E-state index contributed by atoms with van der Waals surface area (Å²) >= 11 is 0. The number of nitriles is 1.